The van der Waals surface area contributed by atoms with Gasteiger partial charge in [0.05, 0.1) is 23.3 Å². The van der Waals surface area contributed by atoms with Gasteiger partial charge in [0, 0.05) is 10.7 Å². The van der Waals surface area contributed by atoms with E-state index in [1.165, 1.54) is 11.0 Å². The van der Waals surface area contributed by atoms with Crippen molar-refractivity contribution in [3.8, 4) is 0 Å². The second-order valence-corrected chi connectivity index (χ2v) is 8.83. The van der Waals surface area contributed by atoms with Gasteiger partial charge in [0.1, 0.15) is 0 Å². The number of aryl methyl sites for hydroxylation is 1. The highest BCUT2D eigenvalue weighted by Crippen LogP contribution is 2.38. The number of halogens is 1. The number of carbonyl (C=O) groups excluding carboxylic acids is 2. The summed E-state index contributed by atoms with van der Waals surface area (Å²) >= 11 is 0. The number of hydrogen-bond donors (Lipinski definition) is 0. The van der Waals surface area contributed by atoms with Crippen molar-refractivity contribution in [3.63, 3.8) is 0 Å². The highest BCUT2D eigenvalue weighted by molar-refractivity contribution is 8.13. The topological polar surface area (TPSA) is 71.5 Å². The van der Waals surface area contributed by atoms with Crippen molar-refractivity contribution in [2.75, 3.05) is 0 Å². The zero-order valence-corrected chi connectivity index (χ0v) is 14.4. The van der Waals surface area contributed by atoms with Gasteiger partial charge in [-0.1, -0.05) is 25.0 Å². The summed E-state index contributed by atoms with van der Waals surface area (Å²) in [6.07, 6.45) is 3.49. The molecule has 1 heterocycles. The van der Waals surface area contributed by atoms with Crippen molar-refractivity contribution in [3.05, 3.63) is 29.3 Å². The Morgan fingerprint density at radius 2 is 1.70 bits per heavy atom. The van der Waals surface area contributed by atoms with Crippen LogP contribution in [0.25, 0.3) is 0 Å². The number of fused-ring (bicyclic) bond motifs is 1. The lowest BCUT2D eigenvalue weighted by Gasteiger charge is -2.19. The van der Waals surface area contributed by atoms with E-state index in [9.17, 15) is 18.0 Å². The third kappa shape index (κ3) is 3.02. The van der Waals surface area contributed by atoms with Crippen LogP contribution in [-0.2, 0) is 25.2 Å². The summed E-state index contributed by atoms with van der Waals surface area (Å²) in [5, 5.41) is 0. The van der Waals surface area contributed by atoms with Gasteiger partial charge in [0.2, 0.25) is 11.8 Å². The Balaban J connectivity index is 1.88. The number of rotatable bonds is 3. The van der Waals surface area contributed by atoms with Crippen LogP contribution in [-0.4, -0.2) is 25.1 Å². The molecule has 2 amide bonds. The first-order valence-electron chi connectivity index (χ1n) is 7.68. The summed E-state index contributed by atoms with van der Waals surface area (Å²) < 4.78 is 23.2. The number of nitrogens with zero attached hydrogens (tertiary/aromatic N) is 1. The van der Waals surface area contributed by atoms with Crippen LogP contribution in [0.1, 0.15) is 36.8 Å². The van der Waals surface area contributed by atoms with Gasteiger partial charge in [-0.3, -0.25) is 14.5 Å². The van der Waals surface area contributed by atoms with Gasteiger partial charge in [0.15, 0.2) is 0 Å². The third-order valence-corrected chi connectivity index (χ3v) is 6.25. The van der Waals surface area contributed by atoms with E-state index >= 15 is 0 Å². The zero-order valence-electron chi connectivity index (χ0n) is 12.8. The van der Waals surface area contributed by atoms with Crippen LogP contribution in [0.3, 0.4) is 0 Å². The van der Waals surface area contributed by atoms with Crippen LogP contribution < -0.4 is 0 Å². The van der Waals surface area contributed by atoms with Crippen molar-refractivity contribution in [1.82, 2.24) is 4.90 Å². The van der Waals surface area contributed by atoms with Gasteiger partial charge in [-0.05, 0) is 37.0 Å². The summed E-state index contributed by atoms with van der Waals surface area (Å²) in [7, 11) is 1.58. The molecule has 124 valence electrons. The lowest BCUT2D eigenvalue weighted by atomic mass is 9.81. The minimum Gasteiger partial charge on any atom is -0.278 e. The van der Waals surface area contributed by atoms with E-state index in [0.717, 1.165) is 25.7 Å². The van der Waals surface area contributed by atoms with Crippen molar-refractivity contribution in [1.29, 1.82) is 0 Å². The third-order valence-electron chi connectivity index (χ3n) is 4.79. The first kappa shape index (κ1) is 16.5. The van der Waals surface area contributed by atoms with Crippen LogP contribution in [0.2, 0.25) is 0 Å². The van der Waals surface area contributed by atoms with E-state index in [1.807, 2.05) is 0 Å². The maximum absolute atomic E-state index is 12.5. The molecule has 1 aromatic rings. The van der Waals surface area contributed by atoms with E-state index in [2.05, 4.69) is 0 Å². The summed E-state index contributed by atoms with van der Waals surface area (Å²) in [6.45, 7) is 1.75. The Kier molecular flexibility index (Phi) is 4.23. The molecule has 1 saturated heterocycles. The maximum Gasteiger partial charge on any atom is 0.261 e. The summed E-state index contributed by atoms with van der Waals surface area (Å²) in [5.41, 5.74) is 1.13. The molecule has 0 unspecified atom stereocenters. The molecule has 1 aliphatic heterocycles. The number of hydrogen-bond acceptors (Lipinski definition) is 4. The molecule has 3 rings (SSSR count). The summed E-state index contributed by atoms with van der Waals surface area (Å²) in [6, 6.07) is 4.81. The van der Waals surface area contributed by atoms with Gasteiger partial charge >= 0.3 is 0 Å². The second kappa shape index (κ2) is 5.91. The molecule has 2 aliphatic rings. The number of likely N-dealkylation sites (tertiary alicyclic amines) is 1. The van der Waals surface area contributed by atoms with Gasteiger partial charge in [-0.15, -0.1) is 0 Å². The second-order valence-electron chi connectivity index (χ2n) is 6.30. The molecule has 0 aromatic heterocycles. The van der Waals surface area contributed by atoms with Crippen LogP contribution in [0.4, 0.5) is 0 Å². The largest absolute Gasteiger partial charge is 0.278 e. The smallest absolute Gasteiger partial charge is 0.261 e. The zero-order chi connectivity index (χ0) is 16.8. The fraction of sp³-hybridized carbons (Fsp3) is 0.500. The van der Waals surface area contributed by atoms with Gasteiger partial charge < -0.3 is 0 Å². The molecular formula is C16H18ClNO4S. The molecule has 0 N–H and O–H groups in total. The molecule has 2 fully saturated rings. The number of carbonyl (C=O) groups is 2. The molecule has 1 aromatic carbocycles. The first-order chi connectivity index (χ1) is 10.8. The molecule has 23 heavy (non-hydrogen) atoms. The molecule has 1 aliphatic carbocycles. The van der Waals surface area contributed by atoms with Crippen molar-refractivity contribution in [2.45, 2.75) is 44.0 Å². The average molecular weight is 356 g/mol. The predicted molar refractivity (Wildman–Crippen MR) is 85.2 cm³/mol. The molecule has 7 heteroatoms. The minimum atomic E-state index is -3.85. The van der Waals surface area contributed by atoms with Crippen molar-refractivity contribution >= 4 is 31.5 Å². The van der Waals surface area contributed by atoms with E-state index < -0.39 is 9.05 Å². The number of benzene rings is 1. The molecule has 1 saturated carbocycles. The van der Waals surface area contributed by atoms with E-state index in [4.69, 9.17) is 10.7 Å². The highest BCUT2D eigenvalue weighted by atomic mass is 35.7. The number of amides is 2. The quantitative estimate of drug-likeness (QED) is 0.617. The van der Waals surface area contributed by atoms with Crippen molar-refractivity contribution < 1.29 is 18.0 Å². The standard InChI is InChI=1S/C16H18ClNO4S/c1-10-6-7-11(8-14(10)23(17,21)22)9-18-15(19)12-4-2-3-5-13(12)16(18)20/h6-8,12-13H,2-5,9H2,1H3/t12-,13-/m0/s1. The minimum absolute atomic E-state index is 0.0215. The SMILES string of the molecule is Cc1ccc(CN2C(=O)[C@H]3CCCC[C@@H]3C2=O)cc1S(=O)(=O)Cl. The lowest BCUT2D eigenvalue weighted by molar-refractivity contribution is -0.140. The monoisotopic (exact) mass is 355 g/mol. The molecule has 2 atom stereocenters. The molecule has 0 radical (unpaired) electrons. The summed E-state index contributed by atoms with van der Waals surface area (Å²) in [5.74, 6) is -0.651. The molecular weight excluding hydrogens is 338 g/mol. The Hall–Kier alpha value is -1.40. The Bertz CT molecular complexity index is 750. The van der Waals surface area contributed by atoms with Crippen LogP contribution in [0.15, 0.2) is 23.1 Å². The van der Waals surface area contributed by atoms with E-state index in [1.54, 1.807) is 19.1 Å². The lowest BCUT2D eigenvalue weighted by Crippen LogP contribution is -2.30. The van der Waals surface area contributed by atoms with Crippen molar-refractivity contribution in [2.24, 2.45) is 11.8 Å². The van der Waals surface area contributed by atoms with Crippen LogP contribution >= 0.6 is 10.7 Å². The normalized spacial score (nSPS) is 24.9. The predicted octanol–water partition coefficient (Wildman–Crippen LogP) is 2.60. The van der Waals surface area contributed by atoms with Gasteiger partial charge in [0.25, 0.3) is 9.05 Å². The first-order valence-corrected chi connectivity index (χ1v) is 9.99. The fourth-order valence-electron chi connectivity index (χ4n) is 3.57. The fourth-order valence-corrected chi connectivity index (χ4v) is 4.82. The molecule has 0 spiro atoms. The maximum atomic E-state index is 12.5. The summed E-state index contributed by atoms with van der Waals surface area (Å²) in [4.78, 5) is 26.2. The highest BCUT2D eigenvalue weighted by Gasteiger charge is 2.47. The number of imide groups is 1. The van der Waals surface area contributed by atoms with E-state index in [-0.39, 0.29) is 35.1 Å². The van der Waals surface area contributed by atoms with Gasteiger partial charge in [-0.25, -0.2) is 8.42 Å². The van der Waals surface area contributed by atoms with Crippen LogP contribution in [0.5, 0.6) is 0 Å². The Morgan fingerprint density at radius 1 is 1.13 bits per heavy atom. The van der Waals surface area contributed by atoms with Gasteiger partial charge in [-0.2, -0.15) is 0 Å². The Labute approximate surface area is 140 Å². The average Bonchev–Trinajstić information content (AvgIpc) is 2.73. The van der Waals surface area contributed by atoms with Crippen LogP contribution in [0, 0.1) is 18.8 Å². The van der Waals surface area contributed by atoms with E-state index in [0.29, 0.717) is 11.1 Å². The Morgan fingerprint density at radius 3 is 2.22 bits per heavy atom. The molecule has 0 bridgehead atoms. The molecule has 5 nitrogen and oxygen atoms in total.